The Balaban J connectivity index is 2.59. The molecular formula is C14H12O2. The lowest BCUT2D eigenvalue weighted by Gasteiger charge is -2.05. The lowest BCUT2D eigenvalue weighted by molar-refractivity contribution is -0.118. The summed E-state index contributed by atoms with van der Waals surface area (Å²) in [5.41, 5.74) is 2.61. The summed E-state index contributed by atoms with van der Waals surface area (Å²) in [6.07, 6.45) is 2.32. The number of hydrogen-bond acceptors (Lipinski definition) is 2. The summed E-state index contributed by atoms with van der Waals surface area (Å²) in [6, 6.07) is 4.02. The molecule has 0 aromatic heterocycles. The van der Waals surface area contributed by atoms with Crippen LogP contribution in [0.25, 0.3) is 11.6 Å². The first kappa shape index (κ1) is 9.52. The van der Waals surface area contributed by atoms with E-state index in [1.807, 2.05) is 32.1 Å². The van der Waals surface area contributed by atoms with E-state index in [1.165, 1.54) is 0 Å². The van der Waals surface area contributed by atoms with Crippen molar-refractivity contribution in [2.45, 2.75) is 26.2 Å². The maximum absolute atomic E-state index is 12.0. The van der Waals surface area contributed by atoms with E-state index in [4.69, 9.17) is 0 Å². The average molecular weight is 212 g/mol. The Kier molecular flexibility index (Phi) is 1.73. The topological polar surface area (TPSA) is 34.1 Å². The molecule has 0 amide bonds. The highest BCUT2D eigenvalue weighted by molar-refractivity contribution is 6.45. The van der Waals surface area contributed by atoms with Crippen molar-refractivity contribution in [2.75, 3.05) is 0 Å². The molecule has 1 aromatic rings. The molecule has 0 saturated heterocycles. The summed E-state index contributed by atoms with van der Waals surface area (Å²) in [4.78, 5) is 23.8. The first-order chi connectivity index (χ1) is 7.61. The number of carbonyl (C=O) groups is 2. The molecule has 2 aliphatic carbocycles. The second kappa shape index (κ2) is 2.91. The highest BCUT2D eigenvalue weighted by Crippen LogP contribution is 2.25. The molecule has 2 heteroatoms. The van der Waals surface area contributed by atoms with E-state index in [-0.39, 0.29) is 17.5 Å². The maximum atomic E-state index is 12.0. The molecule has 0 N–H and O–H groups in total. The largest absolute Gasteiger partial charge is 0.294 e. The summed E-state index contributed by atoms with van der Waals surface area (Å²) >= 11 is 0. The monoisotopic (exact) mass is 212 g/mol. The summed E-state index contributed by atoms with van der Waals surface area (Å²) in [5, 5.41) is 2.00. The van der Waals surface area contributed by atoms with Gasteiger partial charge in [0.05, 0.1) is 5.57 Å². The van der Waals surface area contributed by atoms with Crippen LogP contribution in [0.4, 0.5) is 0 Å². The molecule has 3 rings (SSSR count). The van der Waals surface area contributed by atoms with Gasteiger partial charge in [0.2, 0.25) is 0 Å². The van der Waals surface area contributed by atoms with E-state index in [0.717, 1.165) is 21.6 Å². The van der Waals surface area contributed by atoms with Crippen molar-refractivity contribution in [1.29, 1.82) is 0 Å². The fourth-order valence-corrected chi connectivity index (χ4v) is 2.70. The minimum absolute atomic E-state index is 0.0000463. The van der Waals surface area contributed by atoms with Crippen LogP contribution in [-0.2, 0) is 9.59 Å². The SMILES string of the molecule is Cc1ccc2c3c1=CCC(=O)C=3C(=O)C2C. The Morgan fingerprint density at radius 1 is 1.25 bits per heavy atom. The molecule has 1 unspecified atom stereocenters. The Morgan fingerprint density at radius 3 is 2.75 bits per heavy atom. The van der Waals surface area contributed by atoms with Crippen molar-refractivity contribution >= 4 is 23.2 Å². The van der Waals surface area contributed by atoms with Gasteiger partial charge in [0.1, 0.15) is 0 Å². The van der Waals surface area contributed by atoms with Gasteiger partial charge in [-0.05, 0) is 28.5 Å². The van der Waals surface area contributed by atoms with Crippen LogP contribution in [0.15, 0.2) is 12.1 Å². The van der Waals surface area contributed by atoms with Gasteiger partial charge < -0.3 is 0 Å². The number of carbonyl (C=O) groups excluding carboxylic acids is 2. The molecule has 2 nitrogen and oxygen atoms in total. The van der Waals surface area contributed by atoms with Crippen molar-refractivity contribution in [3.05, 3.63) is 33.7 Å². The molecule has 0 spiro atoms. The van der Waals surface area contributed by atoms with Gasteiger partial charge in [0, 0.05) is 12.3 Å². The number of hydrogen-bond donors (Lipinski definition) is 0. The second-order valence-electron chi connectivity index (χ2n) is 4.55. The number of ketones is 2. The predicted molar refractivity (Wildman–Crippen MR) is 61.3 cm³/mol. The molecule has 2 aliphatic rings. The molecule has 0 saturated carbocycles. The van der Waals surface area contributed by atoms with Crippen LogP contribution in [0, 0.1) is 6.92 Å². The van der Waals surface area contributed by atoms with Gasteiger partial charge in [-0.1, -0.05) is 25.1 Å². The van der Waals surface area contributed by atoms with Gasteiger partial charge >= 0.3 is 0 Å². The molecule has 1 aromatic carbocycles. The Bertz CT molecular complexity index is 650. The molecule has 0 fully saturated rings. The fourth-order valence-electron chi connectivity index (χ4n) is 2.70. The first-order valence-electron chi connectivity index (χ1n) is 5.52. The normalized spacial score (nSPS) is 22.1. The quantitative estimate of drug-likeness (QED) is 0.630. The van der Waals surface area contributed by atoms with Crippen molar-refractivity contribution in [1.82, 2.24) is 0 Å². The smallest absolute Gasteiger partial charge is 0.174 e. The minimum Gasteiger partial charge on any atom is -0.294 e. The second-order valence-corrected chi connectivity index (χ2v) is 4.55. The van der Waals surface area contributed by atoms with E-state index >= 15 is 0 Å². The van der Waals surface area contributed by atoms with Gasteiger partial charge in [-0.2, -0.15) is 0 Å². The molecule has 80 valence electrons. The standard InChI is InChI=1S/C14H12O2/c1-7-3-4-10-8(2)14(16)13-11(15)6-5-9(7)12(10)13/h3-5,8H,6H2,1-2H3. The lowest BCUT2D eigenvalue weighted by Crippen LogP contribution is -2.35. The van der Waals surface area contributed by atoms with Gasteiger partial charge in [0.25, 0.3) is 0 Å². The van der Waals surface area contributed by atoms with E-state index in [1.54, 1.807) is 0 Å². The minimum atomic E-state index is -0.153. The third-order valence-corrected chi connectivity index (χ3v) is 3.62. The third-order valence-electron chi connectivity index (χ3n) is 3.62. The predicted octanol–water partition coefficient (Wildman–Crippen LogP) is 0.585. The van der Waals surface area contributed by atoms with E-state index < -0.39 is 0 Å². The fraction of sp³-hybridized carbons (Fsp3) is 0.286. The third kappa shape index (κ3) is 0.967. The van der Waals surface area contributed by atoms with Crippen molar-refractivity contribution in [2.24, 2.45) is 0 Å². The zero-order valence-electron chi connectivity index (χ0n) is 9.33. The molecule has 0 heterocycles. The van der Waals surface area contributed by atoms with Crippen LogP contribution in [0.1, 0.15) is 30.4 Å². The van der Waals surface area contributed by atoms with Crippen LogP contribution >= 0.6 is 0 Å². The Hall–Kier alpha value is -1.70. The van der Waals surface area contributed by atoms with Gasteiger partial charge in [-0.3, -0.25) is 9.59 Å². The summed E-state index contributed by atoms with van der Waals surface area (Å²) < 4.78 is 0. The zero-order chi connectivity index (χ0) is 11.4. The maximum Gasteiger partial charge on any atom is 0.174 e. The lowest BCUT2D eigenvalue weighted by atomic mass is 9.97. The molecular weight excluding hydrogens is 200 g/mol. The molecule has 0 aliphatic heterocycles. The van der Waals surface area contributed by atoms with Gasteiger partial charge in [-0.15, -0.1) is 0 Å². The molecule has 0 bridgehead atoms. The zero-order valence-corrected chi connectivity index (χ0v) is 9.33. The first-order valence-corrected chi connectivity index (χ1v) is 5.52. The molecule has 1 atom stereocenters. The average Bonchev–Trinajstić information content (AvgIpc) is 2.51. The van der Waals surface area contributed by atoms with Crippen LogP contribution < -0.4 is 10.4 Å². The number of Topliss-reactive ketones (excluding diaryl/α,β-unsaturated/α-hetero) is 2. The summed E-state index contributed by atoms with van der Waals surface area (Å²) in [7, 11) is 0. The number of aryl methyl sites for hydroxylation is 1. The summed E-state index contributed by atoms with van der Waals surface area (Å²) in [5.74, 6) is -0.173. The molecule has 16 heavy (non-hydrogen) atoms. The van der Waals surface area contributed by atoms with Crippen LogP contribution in [0.2, 0.25) is 0 Å². The van der Waals surface area contributed by atoms with Gasteiger partial charge in [-0.25, -0.2) is 0 Å². The van der Waals surface area contributed by atoms with Crippen molar-refractivity contribution < 1.29 is 9.59 Å². The Morgan fingerprint density at radius 2 is 2.00 bits per heavy atom. The Labute approximate surface area is 93.3 Å². The summed E-state index contributed by atoms with van der Waals surface area (Å²) in [6.45, 7) is 3.90. The van der Waals surface area contributed by atoms with Crippen LogP contribution in [0.5, 0.6) is 0 Å². The van der Waals surface area contributed by atoms with Gasteiger partial charge in [0.15, 0.2) is 11.6 Å². The highest BCUT2D eigenvalue weighted by Gasteiger charge is 2.34. The van der Waals surface area contributed by atoms with Crippen LogP contribution in [-0.4, -0.2) is 11.6 Å². The number of benzene rings is 1. The van der Waals surface area contributed by atoms with E-state index in [0.29, 0.717) is 12.0 Å². The van der Waals surface area contributed by atoms with Crippen molar-refractivity contribution in [3.63, 3.8) is 0 Å². The van der Waals surface area contributed by atoms with E-state index in [2.05, 4.69) is 0 Å². The highest BCUT2D eigenvalue weighted by atomic mass is 16.1. The van der Waals surface area contributed by atoms with Crippen LogP contribution in [0.3, 0.4) is 0 Å². The van der Waals surface area contributed by atoms with Crippen molar-refractivity contribution in [3.8, 4) is 0 Å². The van der Waals surface area contributed by atoms with E-state index in [9.17, 15) is 9.59 Å². The number of rotatable bonds is 0. The molecule has 0 radical (unpaired) electrons.